The Kier molecular flexibility index (Phi) is 4.83. The molecule has 1 amide bonds. The predicted octanol–water partition coefficient (Wildman–Crippen LogP) is 3.26. The Balaban J connectivity index is 2.68. The highest BCUT2D eigenvalue weighted by molar-refractivity contribution is 7.19. The number of carbonyl (C=O) groups is 1. The lowest BCUT2D eigenvalue weighted by Crippen LogP contribution is -2.32. The summed E-state index contributed by atoms with van der Waals surface area (Å²) in [5.41, 5.74) is 0.545. The summed E-state index contributed by atoms with van der Waals surface area (Å²) in [5.74, 6) is -0.0323. The Morgan fingerprint density at radius 2 is 1.95 bits per heavy atom. The minimum absolute atomic E-state index is 0.0323. The molecule has 0 saturated heterocycles. The van der Waals surface area contributed by atoms with Gasteiger partial charge in [0.2, 0.25) is 0 Å². The van der Waals surface area contributed by atoms with E-state index in [0.29, 0.717) is 30.6 Å². The number of pyridine rings is 1. The topological polar surface area (TPSA) is 42.3 Å². The first-order valence-corrected chi connectivity index (χ1v) is 8.28. The van der Waals surface area contributed by atoms with Crippen LogP contribution in [0.25, 0.3) is 10.1 Å². The van der Waals surface area contributed by atoms with Crippen LogP contribution in [0.15, 0.2) is 17.1 Å². The average molecular weight is 306 g/mol. The van der Waals surface area contributed by atoms with Gasteiger partial charge in [0.05, 0.1) is 10.9 Å². The molecule has 0 aromatic carbocycles. The lowest BCUT2D eigenvalue weighted by molar-refractivity contribution is 0.0774. The quantitative estimate of drug-likeness (QED) is 0.851. The molecule has 0 saturated carbocycles. The summed E-state index contributed by atoms with van der Waals surface area (Å²) in [6.45, 7) is 9.87. The minimum atomic E-state index is -0.0470. The number of nitrogens with zero attached hydrogens (tertiary/aromatic N) is 2. The third kappa shape index (κ3) is 2.75. The molecule has 0 atom stereocenters. The van der Waals surface area contributed by atoms with Crippen molar-refractivity contribution < 1.29 is 4.79 Å². The maximum absolute atomic E-state index is 12.7. The molecule has 21 heavy (non-hydrogen) atoms. The van der Waals surface area contributed by atoms with Gasteiger partial charge in [0.1, 0.15) is 0 Å². The monoisotopic (exact) mass is 306 g/mol. The Hall–Kier alpha value is -1.62. The van der Waals surface area contributed by atoms with Gasteiger partial charge in [-0.25, -0.2) is 0 Å². The molecule has 0 N–H and O–H groups in total. The summed E-state index contributed by atoms with van der Waals surface area (Å²) < 4.78 is 2.61. The first-order chi connectivity index (χ1) is 10.0. The second-order valence-electron chi connectivity index (χ2n) is 5.06. The zero-order chi connectivity index (χ0) is 15.6. The van der Waals surface area contributed by atoms with Crippen molar-refractivity contribution >= 4 is 27.3 Å². The van der Waals surface area contributed by atoms with Gasteiger partial charge in [0, 0.05) is 35.4 Å². The van der Waals surface area contributed by atoms with Crippen molar-refractivity contribution in [3.63, 3.8) is 0 Å². The number of hydrogen-bond donors (Lipinski definition) is 0. The van der Waals surface area contributed by atoms with E-state index in [1.54, 1.807) is 9.47 Å². The van der Waals surface area contributed by atoms with Crippen LogP contribution >= 0.6 is 11.3 Å². The van der Waals surface area contributed by atoms with Crippen LogP contribution in [0.5, 0.6) is 0 Å². The molecule has 0 aliphatic heterocycles. The van der Waals surface area contributed by atoms with Crippen molar-refractivity contribution in [3.05, 3.63) is 33.1 Å². The molecule has 0 spiro atoms. The van der Waals surface area contributed by atoms with Crippen molar-refractivity contribution in [1.29, 1.82) is 0 Å². The summed E-state index contributed by atoms with van der Waals surface area (Å²) in [7, 11) is 0. The molecule has 0 unspecified atom stereocenters. The van der Waals surface area contributed by atoms with E-state index in [0.717, 1.165) is 16.0 Å². The standard InChI is InChI=1S/C16H22N2O2S/c1-5-9-18-10-8-12-14(16(18)20)13(11(4)21-12)15(19)17(6-2)7-3/h8,10H,5-7,9H2,1-4H3. The van der Waals surface area contributed by atoms with Gasteiger partial charge >= 0.3 is 0 Å². The van der Waals surface area contributed by atoms with Crippen molar-refractivity contribution in [2.75, 3.05) is 13.1 Å². The van der Waals surface area contributed by atoms with E-state index in [2.05, 4.69) is 0 Å². The van der Waals surface area contributed by atoms with E-state index in [1.165, 1.54) is 11.3 Å². The zero-order valence-electron chi connectivity index (χ0n) is 13.1. The Bertz CT molecular complexity index is 711. The van der Waals surface area contributed by atoms with E-state index in [-0.39, 0.29) is 11.5 Å². The van der Waals surface area contributed by atoms with Crippen LogP contribution in [0.1, 0.15) is 42.4 Å². The summed E-state index contributed by atoms with van der Waals surface area (Å²) >= 11 is 1.53. The summed E-state index contributed by atoms with van der Waals surface area (Å²) in [4.78, 5) is 28.1. The van der Waals surface area contributed by atoms with Crippen LogP contribution in [-0.2, 0) is 6.54 Å². The van der Waals surface area contributed by atoms with E-state index in [4.69, 9.17) is 0 Å². The van der Waals surface area contributed by atoms with Crippen molar-refractivity contribution in [1.82, 2.24) is 9.47 Å². The maximum atomic E-state index is 12.7. The molecule has 2 heterocycles. The second kappa shape index (κ2) is 6.43. The summed E-state index contributed by atoms with van der Waals surface area (Å²) in [5, 5.41) is 0.588. The number of aromatic nitrogens is 1. The van der Waals surface area contributed by atoms with Crippen molar-refractivity contribution in [2.45, 2.75) is 40.7 Å². The molecule has 0 fully saturated rings. The zero-order valence-corrected chi connectivity index (χ0v) is 13.9. The highest BCUT2D eigenvalue weighted by Crippen LogP contribution is 2.29. The first kappa shape index (κ1) is 15.8. The van der Waals surface area contributed by atoms with Gasteiger partial charge in [0.25, 0.3) is 11.5 Å². The number of hydrogen-bond acceptors (Lipinski definition) is 3. The fraction of sp³-hybridized carbons (Fsp3) is 0.500. The third-order valence-corrected chi connectivity index (χ3v) is 4.79. The molecule has 0 aliphatic rings. The SMILES string of the molecule is CCCn1ccc2sc(C)c(C(=O)N(CC)CC)c2c1=O. The number of aryl methyl sites for hydroxylation is 2. The maximum Gasteiger partial charge on any atom is 0.260 e. The predicted molar refractivity (Wildman–Crippen MR) is 88.4 cm³/mol. The van der Waals surface area contributed by atoms with Crippen LogP contribution in [0.4, 0.5) is 0 Å². The van der Waals surface area contributed by atoms with Gasteiger partial charge in [-0.05, 0) is 33.3 Å². The van der Waals surface area contributed by atoms with E-state index >= 15 is 0 Å². The summed E-state index contributed by atoms with van der Waals surface area (Å²) in [6.07, 6.45) is 2.73. The Labute approximate surface area is 129 Å². The number of rotatable bonds is 5. The number of carbonyl (C=O) groups excluding carboxylic acids is 1. The summed E-state index contributed by atoms with van der Waals surface area (Å²) in [6, 6.07) is 1.95. The second-order valence-corrected chi connectivity index (χ2v) is 6.32. The van der Waals surface area contributed by atoms with E-state index in [1.807, 2.05) is 40.0 Å². The molecule has 2 aromatic rings. The van der Waals surface area contributed by atoms with E-state index in [9.17, 15) is 9.59 Å². The molecular formula is C16H22N2O2S. The Morgan fingerprint density at radius 3 is 2.52 bits per heavy atom. The smallest absolute Gasteiger partial charge is 0.260 e. The molecule has 0 radical (unpaired) electrons. The number of amides is 1. The number of thiophene rings is 1. The van der Waals surface area contributed by atoms with Crippen LogP contribution in [0, 0.1) is 6.92 Å². The molecule has 0 aliphatic carbocycles. The molecule has 114 valence electrons. The van der Waals surface area contributed by atoms with E-state index < -0.39 is 0 Å². The van der Waals surface area contributed by atoms with Gasteiger partial charge in [-0.3, -0.25) is 9.59 Å². The minimum Gasteiger partial charge on any atom is -0.339 e. The fourth-order valence-electron chi connectivity index (χ4n) is 2.61. The highest BCUT2D eigenvalue weighted by Gasteiger charge is 2.22. The lowest BCUT2D eigenvalue weighted by atomic mass is 10.1. The van der Waals surface area contributed by atoms with Crippen LogP contribution < -0.4 is 5.56 Å². The van der Waals surface area contributed by atoms with Crippen molar-refractivity contribution in [2.24, 2.45) is 0 Å². The highest BCUT2D eigenvalue weighted by atomic mass is 32.1. The van der Waals surface area contributed by atoms with Gasteiger partial charge in [0.15, 0.2) is 0 Å². The molecule has 2 aromatic heterocycles. The Morgan fingerprint density at radius 1 is 1.29 bits per heavy atom. The van der Waals surface area contributed by atoms with Crippen molar-refractivity contribution in [3.8, 4) is 0 Å². The largest absolute Gasteiger partial charge is 0.339 e. The average Bonchev–Trinajstić information content (AvgIpc) is 2.80. The van der Waals surface area contributed by atoms with Crippen LogP contribution in [-0.4, -0.2) is 28.5 Å². The molecule has 5 heteroatoms. The van der Waals surface area contributed by atoms with Gasteiger partial charge in [-0.2, -0.15) is 0 Å². The molecule has 0 bridgehead atoms. The van der Waals surface area contributed by atoms with Gasteiger partial charge < -0.3 is 9.47 Å². The lowest BCUT2D eigenvalue weighted by Gasteiger charge is -2.18. The normalized spacial score (nSPS) is 11.0. The molecular weight excluding hydrogens is 284 g/mol. The fourth-order valence-corrected chi connectivity index (χ4v) is 3.65. The van der Waals surface area contributed by atoms with Gasteiger partial charge in [-0.1, -0.05) is 6.92 Å². The molecule has 2 rings (SSSR count). The van der Waals surface area contributed by atoms with Gasteiger partial charge in [-0.15, -0.1) is 11.3 Å². The first-order valence-electron chi connectivity index (χ1n) is 7.46. The number of fused-ring (bicyclic) bond motifs is 1. The van der Waals surface area contributed by atoms with Crippen LogP contribution in [0.3, 0.4) is 0 Å². The molecule has 4 nitrogen and oxygen atoms in total. The third-order valence-electron chi connectivity index (χ3n) is 3.72. The van der Waals surface area contributed by atoms with Crippen LogP contribution in [0.2, 0.25) is 0 Å².